The summed E-state index contributed by atoms with van der Waals surface area (Å²) in [5, 5.41) is 15.2. The highest BCUT2D eigenvalue weighted by Crippen LogP contribution is 2.24. The Morgan fingerprint density at radius 1 is 0.941 bits per heavy atom. The van der Waals surface area contributed by atoms with Crippen LogP contribution in [0.1, 0.15) is 11.3 Å². The number of rotatable bonds is 6. The number of carbonyl (C=O) groups is 1. The van der Waals surface area contributed by atoms with Crippen LogP contribution in [0.5, 0.6) is 0 Å². The van der Waals surface area contributed by atoms with Crippen LogP contribution in [0.25, 0.3) is 27.7 Å². The van der Waals surface area contributed by atoms with Crippen LogP contribution in [0.3, 0.4) is 0 Å². The predicted octanol–water partition coefficient (Wildman–Crippen LogP) is 3.77. The quantitative estimate of drug-likeness (QED) is 0.409. The topological polar surface area (TPSA) is 92.7 Å². The van der Waals surface area contributed by atoms with Crippen molar-refractivity contribution in [2.24, 2.45) is 0 Å². The largest absolute Gasteiger partial charge is 0.352 e. The molecule has 2 heterocycles. The molecule has 0 fully saturated rings. The molecule has 8 heteroatoms. The van der Waals surface area contributed by atoms with Crippen LogP contribution >= 0.6 is 0 Å². The maximum atomic E-state index is 13.5. The van der Waals surface area contributed by atoms with Crippen molar-refractivity contribution in [1.82, 2.24) is 25.3 Å². The summed E-state index contributed by atoms with van der Waals surface area (Å²) in [6.45, 7) is 0.222. The minimum absolute atomic E-state index is 0.00992. The maximum Gasteiger partial charge on any atom is 0.272 e. The van der Waals surface area contributed by atoms with E-state index in [1.165, 1.54) is 12.1 Å². The van der Waals surface area contributed by atoms with Crippen molar-refractivity contribution in [3.63, 3.8) is 0 Å². The highest BCUT2D eigenvalue weighted by Gasteiger charge is 2.15. The second kappa shape index (κ2) is 9.11. The van der Waals surface area contributed by atoms with Gasteiger partial charge in [0.2, 0.25) is 5.91 Å². The zero-order chi connectivity index (χ0) is 23.5. The Kier molecular flexibility index (Phi) is 5.70. The summed E-state index contributed by atoms with van der Waals surface area (Å²) in [6.07, 6.45) is 1.86. The van der Waals surface area contributed by atoms with Crippen LogP contribution < -0.4 is 10.9 Å². The van der Waals surface area contributed by atoms with Gasteiger partial charge in [-0.15, -0.1) is 0 Å². The van der Waals surface area contributed by atoms with Gasteiger partial charge in [-0.3, -0.25) is 9.59 Å². The Morgan fingerprint density at radius 2 is 1.65 bits per heavy atom. The molecule has 2 N–H and O–H groups in total. The molecule has 0 bridgehead atoms. The Morgan fingerprint density at radius 3 is 2.41 bits per heavy atom. The molecular weight excluding hydrogens is 433 g/mol. The number of nitrogens with one attached hydrogen (secondary N) is 2. The van der Waals surface area contributed by atoms with E-state index in [-0.39, 0.29) is 30.2 Å². The number of H-pyrrole nitrogens is 1. The smallest absolute Gasteiger partial charge is 0.272 e. The number of amides is 1. The molecule has 34 heavy (non-hydrogen) atoms. The van der Waals surface area contributed by atoms with Gasteiger partial charge >= 0.3 is 0 Å². The van der Waals surface area contributed by atoms with Crippen LogP contribution in [-0.4, -0.2) is 25.9 Å². The molecule has 0 radical (unpaired) electrons. The molecule has 0 saturated carbocycles. The number of para-hydroxylation sites is 1. The highest BCUT2D eigenvalue weighted by molar-refractivity contribution is 5.88. The molecule has 0 spiro atoms. The van der Waals surface area contributed by atoms with Gasteiger partial charge in [-0.2, -0.15) is 10.2 Å². The van der Waals surface area contributed by atoms with Gasteiger partial charge in [0.1, 0.15) is 5.82 Å². The number of fused-ring (bicyclic) bond motifs is 1. The monoisotopic (exact) mass is 453 g/mol. The molecule has 0 aliphatic rings. The molecule has 3 aromatic carbocycles. The number of benzene rings is 3. The van der Waals surface area contributed by atoms with Crippen molar-refractivity contribution in [3.05, 3.63) is 112 Å². The standard InChI is InChI=1S/C26H20FN5O2/c27-19-12-10-17(11-13-19)25-18(16-32(31-25)20-6-2-1-3-7-20)15-28-24(33)14-23-21-8-4-5-9-22(21)26(34)30-29-23/h1-13,16H,14-15H2,(H,28,33)(H,30,34). The molecule has 168 valence electrons. The second-order valence-corrected chi connectivity index (χ2v) is 7.79. The van der Waals surface area contributed by atoms with Crippen LogP contribution in [0.2, 0.25) is 0 Å². The van der Waals surface area contributed by atoms with E-state index >= 15 is 0 Å². The molecule has 0 aliphatic carbocycles. The van der Waals surface area contributed by atoms with Crippen molar-refractivity contribution in [2.45, 2.75) is 13.0 Å². The van der Waals surface area contributed by atoms with E-state index in [4.69, 9.17) is 0 Å². The highest BCUT2D eigenvalue weighted by atomic mass is 19.1. The van der Waals surface area contributed by atoms with Crippen LogP contribution in [0, 0.1) is 5.82 Å². The lowest BCUT2D eigenvalue weighted by Gasteiger charge is -2.07. The van der Waals surface area contributed by atoms with Crippen molar-refractivity contribution in [2.75, 3.05) is 0 Å². The van der Waals surface area contributed by atoms with E-state index in [2.05, 4.69) is 20.6 Å². The minimum Gasteiger partial charge on any atom is -0.352 e. The maximum absolute atomic E-state index is 13.5. The molecule has 5 rings (SSSR count). The fourth-order valence-electron chi connectivity index (χ4n) is 3.82. The van der Waals surface area contributed by atoms with Crippen LogP contribution in [0.15, 0.2) is 89.9 Å². The number of carbonyl (C=O) groups excluding carboxylic acids is 1. The summed E-state index contributed by atoms with van der Waals surface area (Å²) < 4.78 is 15.2. The van der Waals surface area contributed by atoms with Crippen molar-refractivity contribution in [3.8, 4) is 16.9 Å². The molecule has 0 saturated heterocycles. The van der Waals surface area contributed by atoms with Gasteiger partial charge < -0.3 is 5.32 Å². The summed E-state index contributed by atoms with van der Waals surface area (Å²) in [7, 11) is 0. The fraction of sp³-hybridized carbons (Fsp3) is 0.0769. The number of aromatic nitrogens is 4. The third kappa shape index (κ3) is 4.33. The number of hydrogen-bond acceptors (Lipinski definition) is 4. The van der Waals surface area contributed by atoms with Crippen LogP contribution in [0.4, 0.5) is 4.39 Å². The van der Waals surface area contributed by atoms with E-state index in [9.17, 15) is 14.0 Å². The van der Waals surface area contributed by atoms with Gasteiger partial charge in [-0.25, -0.2) is 14.2 Å². The van der Waals surface area contributed by atoms with E-state index in [0.717, 1.165) is 16.8 Å². The van der Waals surface area contributed by atoms with E-state index < -0.39 is 0 Å². The molecule has 5 aromatic rings. The normalized spacial score (nSPS) is 11.0. The summed E-state index contributed by atoms with van der Waals surface area (Å²) >= 11 is 0. The van der Waals surface area contributed by atoms with Gasteiger partial charge in [0, 0.05) is 29.3 Å². The first-order chi connectivity index (χ1) is 16.6. The Labute approximate surface area is 193 Å². The van der Waals surface area contributed by atoms with Gasteiger partial charge in [0.05, 0.1) is 28.9 Å². The Bertz CT molecular complexity index is 1520. The van der Waals surface area contributed by atoms with Crippen molar-refractivity contribution < 1.29 is 9.18 Å². The average molecular weight is 453 g/mol. The molecule has 2 aromatic heterocycles. The molecule has 7 nitrogen and oxygen atoms in total. The first-order valence-electron chi connectivity index (χ1n) is 10.7. The van der Waals surface area contributed by atoms with E-state index in [1.54, 1.807) is 41.1 Å². The summed E-state index contributed by atoms with van der Waals surface area (Å²) in [5.41, 5.74) is 3.24. The van der Waals surface area contributed by atoms with E-state index in [0.29, 0.717) is 22.2 Å². The average Bonchev–Trinajstić information content (AvgIpc) is 3.30. The molecular formula is C26H20FN5O2. The second-order valence-electron chi connectivity index (χ2n) is 7.79. The third-order valence-corrected chi connectivity index (χ3v) is 5.51. The third-order valence-electron chi connectivity index (χ3n) is 5.51. The molecule has 0 atom stereocenters. The predicted molar refractivity (Wildman–Crippen MR) is 127 cm³/mol. The lowest BCUT2D eigenvalue weighted by molar-refractivity contribution is -0.120. The number of nitrogens with zero attached hydrogens (tertiary/aromatic N) is 3. The Hall–Kier alpha value is -4.59. The van der Waals surface area contributed by atoms with Gasteiger partial charge in [-0.05, 0) is 42.5 Å². The molecule has 0 unspecified atom stereocenters. The lowest BCUT2D eigenvalue weighted by Crippen LogP contribution is -2.26. The van der Waals surface area contributed by atoms with Gasteiger partial charge in [-0.1, -0.05) is 36.4 Å². The lowest BCUT2D eigenvalue weighted by atomic mass is 10.1. The van der Waals surface area contributed by atoms with Gasteiger partial charge in [0.15, 0.2) is 0 Å². The first-order valence-corrected chi connectivity index (χ1v) is 10.7. The van der Waals surface area contributed by atoms with Crippen molar-refractivity contribution >= 4 is 16.7 Å². The van der Waals surface area contributed by atoms with Crippen molar-refractivity contribution in [1.29, 1.82) is 0 Å². The van der Waals surface area contributed by atoms with Gasteiger partial charge in [0.25, 0.3) is 5.56 Å². The zero-order valence-corrected chi connectivity index (χ0v) is 18.0. The minimum atomic E-state index is -0.332. The Balaban J connectivity index is 1.40. The summed E-state index contributed by atoms with van der Waals surface area (Å²) in [6, 6.07) is 22.7. The molecule has 0 aliphatic heterocycles. The SMILES string of the molecule is O=C(Cc1n[nH]c(=O)c2ccccc12)NCc1cn(-c2ccccc2)nc1-c1ccc(F)cc1. The molecule has 1 amide bonds. The number of halogens is 1. The van der Waals surface area contributed by atoms with E-state index in [1.807, 2.05) is 36.5 Å². The zero-order valence-electron chi connectivity index (χ0n) is 18.0. The first kappa shape index (κ1) is 21.3. The number of aromatic amines is 1. The van der Waals surface area contributed by atoms with Crippen LogP contribution in [-0.2, 0) is 17.8 Å². The fourth-order valence-corrected chi connectivity index (χ4v) is 3.82. The summed E-state index contributed by atoms with van der Waals surface area (Å²) in [5.74, 6) is -0.580. The number of hydrogen-bond donors (Lipinski definition) is 2. The summed E-state index contributed by atoms with van der Waals surface area (Å²) in [4.78, 5) is 24.8.